The average molecular weight is 170 g/mol. The molecule has 0 aromatic rings. The summed E-state index contributed by atoms with van der Waals surface area (Å²) in [5, 5.41) is 0. The van der Waals surface area contributed by atoms with Crippen LogP contribution in [0.5, 0.6) is 0 Å². The van der Waals surface area contributed by atoms with E-state index in [0.29, 0.717) is 13.2 Å². The van der Waals surface area contributed by atoms with Crippen molar-refractivity contribution in [2.75, 3.05) is 13.2 Å². The van der Waals surface area contributed by atoms with Gasteiger partial charge in [-0.2, -0.15) is 0 Å². The van der Waals surface area contributed by atoms with Crippen LogP contribution in [0.3, 0.4) is 0 Å². The molecular weight excluding hydrogens is 156 g/mol. The van der Waals surface area contributed by atoms with Gasteiger partial charge >= 0.3 is 0 Å². The second-order valence-electron chi connectivity index (χ2n) is 1.92. The lowest BCUT2D eigenvalue weighted by atomic mass is 10.4. The Hall–Kier alpha value is -1.38. The zero-order valence-corrected chi connectivity index (χ0v) is 7.07. The van der Waals surface area contributed by atoms with Crippen molar-refractivity contribution in [3.8, 4) is 0 Å². The van der Waals surface area contributed by atoms with Crippen LogP contribution in [0, 0.1) is 0 Å². The summed E-state index contributed by atoms with van der Waals surface area (Å²) in [4.78, 5) is 0. The van der Waals surface area contributed by atoms with Gasteiger partial charge in [0.25, 0.3) is 0 Å². The van der Waals surface area contributed by atoms with E-state index in [-0.39, 0.29) is 6.10 Å². The van der Waals surface area contributed by atoms with E-state index in [1.807, 2.05) is 0 Å². The summed E-state index contributed by atoms with van der Waals surface area (Å²) in [5.74, 6) is 0. The van der Waals surface area contributed by atoms with Crippen LogP contribution < -0.4 is 0 Å². The molecule has 68 valence electrons. The van der Waals surface area contributed by atoms with E-state index in [1.165, 1.54) is 18.8 Å². The van der Waals surface area contributed by atoms with Crippen LogP contribution in [-0.2, 0) is 14.2 Å². The Bertz CT molecular complexity index is 131. The predicted molar refractivity (Wildman–Crippen MR) is 47.4 cm³/mol. The first-order valence-electron chi connectivity index (χ1n) is 3.56. The van der Waals surface area contributed by atoms with Crippen LogP contribution in [0.2, 0.25) is 0 Å². The van der Waals surface area contributed by atoms with Crippen molar-refractivity contribution >= 4 is 0 Å². The van der Waals surface area contributed by atoms with Crippen molar-refractivity contribution in [2.24, 2.45) is 0 Å². The topological polar surface area (TPSA) is 27.7 Å². The van der Waals surface area contributed by atoms with E-state index in [2.05, 4.69) is 19.7 Å². The summed E-state index contributed by atoms with van der Waals surface area (Å²) in [6.07, 6.45) is 3.89. The third-order valence-corrected chi connectivity index (χ3v) is 1.09. The Morgan fingerprint density at radius 2 is 1.42 bits per heavy atom. The van der Waals surface area contributed by atoms with Gasteiger partial charge < -0.3 is 14.2 Å². The van der Waals surface area contributed by atoms with Crippen molar-refractivity contribution in [3.63, 3.8) is 0 Å². The van der Waals surface area contributed by atoms with Crippen LogP contribution in [0.4, 0.5) is 0 Å². The van der Waals surface area contributed by atoms with Gasteiger partial charge in [0, 0.05) is 0 Å². The van der Waals surface area contributed by atoms with Gasteiger partial charge in [-0.05, 0) is 0 Å². The largest absolute Gasteiger partial charge is 0.498 e. The molecule has 0 bridgehead atoms. The Kier molecular flexibility index (Phi) is 6.84. The quantitative estimate of drug-likeness (QED) is 0.520. The first-order valence-corrected chi connectivity index (χ1v) is 3.56. The van der Waals surface area contributed by atoms with Gasteiger partial charge in [-0.3, -0.25) is 0 Å². The van der Waals surface area contributed by atoms with Gasteiger partial charge in [0.2, 0.25) is 0 Å². The first kappa shape index (κ1) is 10.6. The molecule has 0 aliphatic heterocycles. The average Bonchev–Trinajstić information content (AvgIpc) is 2.10. The molecule has 0 fully saturated rings. The van der Waals surface area contributed by atoms with Gasteiger partial charge in [-0.15, -0.1) is 0 Å². The Labute approximate surface area is 72.9 Å². The minimum atomic E-state index is -0.168. The lowest BCUT2D eigenvalue weighted by molar-refractivity contribution is 0.0219. The lowest BCUT2D eigenvalue weighted by Crippen LogP contribution is -2.21. The summed E-state index contributed by atoms with van der Waals surface area (Å²) >= 11 is 0. The SMILES string of the molecule is C=COCC(COC=C)OC=C. The minimum Gasteiger partial charge on any atom is -0.498 e. The number of rotatable bonds is 8. The molecule has 0 atom stereocenters. The second kappa shape index (κ2) is 7.72. The van der Waals surface area contributed by atoms with Crippen LogP contribution >= 0.6 is 0 Å². The molecule has 12 heavy (non-hydrogen) atoms. The molecule has 0 aliphatic carbocycles. The summed E-state index contributed by atoms with van der Waals surface area (Å²) in [5.41, 5.74) is 0. The molecule has 0 radical (unpaired) electrons. The number of hydrogen-bond acceptors (Lipinski definition) is 3. The van der Waals surface area contributed by atoms with Crippen LogP contribution in [0.25, 0.3) is 0 Å². The van der Waals surface area contributed by atoms with Crippen LogP contribution in [-0.4, -0.2) is 19.3 Å². The number of hydrogen-bond donors (Lipinski definition) is 0. The molecule has 0 rings (SSSR count). The van der Waals surface area contributed by atoms with E-state index in [4.69, 9.17) is 14.2 Å². The molecule has 0 aromatic heterocycles. The molecule has 0 aromatic carbocycles. The molecule has 0 saturated carbocycles. The summed E-state index contributed by atoms with van der Waals surface area (Å²) in [6, 6.07) is 0. The fraction of sp³-hybridized carbons (Fsp3) is 0.333. The van der Waals surface area contributed by atoms with Gasteiger partial charge in [-0.1, -0.05) is 19.7 Å². The normalized spacial score (nSPS) is 8.75. The Balaban J connectivity index is 3.59. The van der Waals surface area contributed by atoms with Crippen molar-refractivity contribution < 1.29 is 14.2 Å². The molecule has 0 spiro atoms. The molecule has 0 aliphatic rings. The maximum Gasteiger partial charge on any atom is 0.165 e. The zero-order valence-electron chi connectivity index (χ0n) is 7.07. The van der Waals surface area contributed by atoms with Crippen LogP contribution in [0.1, 0.15) is 0 Å². The van der Waals surface area contributed by atoms with E-state index in [0.717, 1.165) is 0 Å². The molecule has 0 N–H and O–H groups in total. The molecular formula is C9H14O3. The molecule has 3 nitrogen and oxygen atoms in total. The van der Waals surface area contributed by atoms with Gasteiger partial charge in [0.05, 0.1) is 18.8 Å². The highest BCUT2D eigenvalue weighted by Gasteiger charge is 2.07. The molecule has 0 amide bonds. The van der Waals surface area contributed by atoms with Crippen molar-refractivity contribution in [1.82, 2.24) is 0 Å². The minimum absolute atomic E-state index is 0.168. The standard InChI is InChI=1S/C9H14O3/c1-4-10-7-9(12-6-3)8-11-5-2/h4-6,9H,1-3,7-8H2. The van der Waals surface area contributed by atoms with Gasteiger partial charge in [0.1, 0.15) is 13.2 Å². The van der Waals surface area contributed by atoms with E-state index >= 15 is 0 Å². The van der Waals surface area contributed by atoms with Crippen molar-refractivity contribution in [2.45, 2.75) is 6.10 Å². The first-order chi connectivity index (χ1) is 5.85. The second-order valence-corrected chi connectivity index (χ2v) is 1.92. The lowest BCUT2D eigenvalue weighted by Gasteiger charge is -2.14. The fourth-order valence-electron chi connectivity index (χ4n) is 0.613. The highest BCUT2D eigenvalue weighted by molar-refractivity contribution is 4.64. The van der Waals surface area contributed by atoms with Crippen molar-refractivity contribution in [1.29, 1.82) is 0 Å². The van der Waals surface area contributed by atoms with Gasteiger partial charge in [0.15, 0.2) is 6.10 Å². The highest BCUT2D eigenvalue weighted by atomic mass is 16.5. The molecule has 0 unspecified atom stereocenters. The van der Waals surface area contributed by atoms with E-state index < -0.39 is 0 Å². The smallest absolute Gasteiger partial charge is 0.165 e. The number of ether oxygens (including phenoxy) is 3. The summed E-state index contributed by atoms with van der Waals surface area (Å²) in [7, 11) is 0. The monoisotopic (exact) mass is 170 g/mol. The Morgan fingerprint density at radius 1 is 0.917 bits per heavy atom. The summed E-state index contributed by atoms with van der Waals surface area (Å²) < 4.78 is 14.9. The summed E-state index contributed by atoms with van der Waals surface area (Å²) in [6.45, 7) is 11.0. The van der Waals surface area contributed by atoms with E-state index in [1.54, 1.807) is 0 Å². The maximum atomic E-state index is 5.06. The molecule has 0 heterocycles. The predicted octanol–water partition coefficient (Wildman–Crippen LogP) is 1.84. The third-order valence-electron chi connectivity index (χ3n) is 1.09. The van der Waals surface area contributed by atoms with E-state index in [9.17, 15) is 0 Å². The third kappa shape index (κ3) is 5.41. The Morgan fingerprint density at radius 3 is 1.75 bits per heavy atom. The zero-order chi connectivity index (χ0) is 9.23. The van der Waals surface area contributed by atoms with Gasteiger partial charge in [-0.25, -0.2) is 0 Å². The van der Waals surface area contributed by atoms with Crippen LogP contribution in [0.15, 0.2) is 38.5 Å². The van der Waals surface area contributed by atoms with Crippen molar-refractivity contribution in [3.05, 3.63) is 38.5 Å². The highest BCUT2D eigenvalue weighted by Crippen LogP contribution is 1.95. The molecule has 0 saturated heterocycles. The maximum absolute atomic E-state index is 5.06. The molecule has 3 heteroatoms. The fourth-order valence-corrected chi connectivity index (χ4v) is 0.613.